The number of hydrogen-bond acceptors (Lipinski definition) is 1. The number of rotatable bonds is 2. The normalized spacial score (nSPS) is 12.7. The van der Waals surface area contributed by atoms with Gasteiger partial charge in [-0.25, -0.2) is 0 Å². The van der Waals surface area contributed by atoms with Crippen molar-refractivity contribution in [2.75, 3.05) is 7.11 Å². The summed E-state index contributed by atoms with van der Waals surface area (Å²) in [6, 6.07) is 6.35. The van der Waals surface area contributed by atoms with Gasteiger partial charge in [0.2, 0.25) is 0 Å². The fourth-order valence-electron chi connectivity index (χ4n) is 1.61. The summed E-state index contributed by atoms with van der Waals surface area (Å²) in [4.78, 5) is 0. The summed E-state index contributed by atoms with van der Waals surface area (Å²) in [5.74, 6) is 1.01. The molecule has 0 bridgehead atoms. The van der Waals surface area contributed by atoms with Gasteiger partial charge >= 0.3 is 0 Å². The summed E-state index contributed by atoms with van der Waals surface area (Å²) < 4.78 is 6.60. The van der Waals surface area contributed by atoms with Crippen LogP contribution in [0, 0.1) is 0 Å². The third-order valence-electron chi connectivity index (χ3n) is 3.72. The highest BCUT2D eigenvalue weighted by Gasteiger charge is 2.39. The quantitative estimate of drug-likeness (QED) is 0.745. The van der Waals surface area contributed by atoms with Gasteiger partial charge in [0, 0.05) is 0 Å². The first-order valence-electron chi connectivity index (χ1n) is 5.55. The van der Waals surface area contributed by atoms with E-state index in [0.29, 0.717) is 5.04 Å². The van der Waals surface area contributed by atoms with Gasteiger partial charge in [0.05, 0.1) is 19.7 Å². The lowest BCUT2D eigenvalue weighted by atomic mass is 10.2. The van der Waals surface area contributed by atoms with Crippen LogP contribution in [-0.2, 0) is 0 Å². The molecule has 90 valence electrons. The maximum Gasteiger partial charge on any atom is 0.132 e. The molecule has 0 N–H and O–H groups in total. The molecule has 0 aliphatic heterocycles. The van der Waals surface area contributed by atoms with Crippen LogP contribution in [0.4, 0.5) is 0 Å². The molecule has 0 aromatic heterocycles. The first kappa shape index (κ1) is 13.8. The molecule has 1 nitrogen and oxygen atoms in total. The minimum absolute atomic E-state index is 0.321. The van der Waals surface area contributed by atoms with E-state index in [1.807, 2.05) is 6.07 Å². The average Bonchev–Trinajstić information content (AvgIpc) is 2.15. The molecule has 0 aliphatic carbocycles. The second-order valence-corrected chi connectivity index (χ2v) is 11.8. The van der Waals surface area contributed by atoms with Crippen LogP contribution in [0.3, 0.4) is 0 Å². The van der Waals surface area contributed by atoms with Crippen LogP contribution >= 0.6 is 15.9 Å². The van der Waals surface area contributed by atoms with Gasteiger partial charge in [-0.15, -0.1) is 0 Å². The fourth-order valence-corrected chi connectivity index (χ4v) is 4.45. The smallest absolute Gasteiger partial charge is 0.132 e. The summed E-state index contributed by atoms with van der Waals surface area (Å²) >= 11 is 3.56. The predicted octanol–water partition coefficient (Wildman–Crippen LogP) is 4.17. The molecule has 0 unspecified atom stereocenters. The van der Waals surface area contributed by atoms with Crippen molar-refractivity contribution < 1.29 is 4.74 Å². The zero-order chi connectivity index (χ0) is 12.6. The Hall–Kier alpha value is -0.283. The van der Waals surface area contributed by atoms with Gasteiger partial charge in [0.1, 0.15) is 5.75 Å². The third kappa shape index (κ3) is 2.35. The van der Waals surface area contributed by atoms with E-state index in [-0.39, 0.29) is 0 Å². The van der Waals surface area contributed by atoms with Crippen molar-refractivity contribution in [3.05, 3.63) is 22.7 Å². The molecule has 0 amide bonds. The molecule has 0 heterocycles. The van der Waals surface area contributed by atoms with Gasteiger partial charge in [0.15, 0.2) is 0 Å². The van der Waals surface area contributed by atoms with Crippen molar-refractivity contribution >= 4 is 29.2 Å². The van der Waals surface area contributed by atoms with Gasteiger partial charge in [-0.05, 0) is 32.2 Å². The average molecular weight is 301 g/mol. The molecule has 0 fully saturated rings. The van der Waals surface area contributed by atoms with Crippen LogP contribution in [0.1, 0.15) is 20.8 Å². The summed E-state index contributed by atoms with van der Waals surface area (Å²) in [7, 11) is 0.214. The summed E-state index contributed by atoms with van der Waals surface area (Å²) in [5, 5.41) is 1.71. The van der Waals surface area contributed by atoms with Crippen LogP contribution in [0.5, 0.6) is 5.75 Å². The molecule has 0 saturated carbocycles. The molecule has 0 aliphatic rings. The Morgan fingerprint density at radius 3 is 2.19 bits per heavy atom. The van der Waals surface area contributed by atoms with E-state index in [2.05, 4.69) is 61.9 Å². The molecule has 0 spiro atoms. The minimum Gasteiger partial charge on any atom is -0.496 e. The van der Waals surface area contributed by atoms with Crippen molar-refractivity contribution in [3.8, 4) is 5.75 Å². The zero-order valence-electron chi connectivity index (χ0n) is 11.0. The summed E-state index contributed by atoms with van der Waals surface area (Å²) in [6.45, 7) is 11.8. The number of benzene rings is 1. The molecule has 0 radical (unpaired) electrons. The minimum atomic E-state index is -1.53. The van der Waals surface area contributed by atoms with Crippen molar-refractivity contribution in [3.63, 3.8) is 0 Å². The molecule has 0 saturated heterocycles. The van der Waals surface area contributed by atoms with Gasteiger partial charge in [0.25, 0.3) is 0 Å². The van der Waals surface area contributed by atoms with E-state index < -0.39 is 8.07 Å². The van der Waals surface area contributed by atoms with Gasteiger partial charge in [-0.2, -0.15) is 0 Å². The lowest BCUT2D eigenvalue weighted by Gasteiger charge is -2.38. The van der Waals surface area contributed by atoms with E-state index in [1.165, 1.54) is 5.19 Å². The Labute approximate surface area is 108 Å². The Bertz CT molecular complexity index is 380. The molecule has 0 atom stereocenters. The van der Waals surface area contributed by atoms with E-state index in [0.717, 1.165) is 10.2 Å². The largest absolute Gasteiger partial charge is 0.496 e. The maximum atomic E-state index is 5.55. The third-order valence-corrected chi connectivity index (χ3v) is 9.83. The summed E-state index contributed by atoms with van der Waals surface area (Å²) in [6.07, 6.45) is 0. The molecule has 16 heavy (non-hydrogen) atoms. The van der Waals surface area contributed by atoms with E-state index in [9.17, 15) is 0 Å². The standard InChI is InChI=1S/C13H21BrOSi/c1-13(2,3)16(5,6)11-9-7-8-10(14)12(11)15-4/h7-9H,1-6H3. The summed E-state index contributed by atoms with van der Waals surface area (Å²) in [5.41, 5.74) is 0. The monoisotopic (exact) mass is 300 g/mol. The Balaban J connectivity index is 3.39. The SMILES string of the molecule is COc1c(Br)cccc1[Si](C)(C)C(C)(C)C. The molecule has 1 aromatic rings. The van der Waals surface area contributed by atoms with Gasteiger partial charge < -0.3 is 4.74 Å². The zero-order valence-corrected chi connectivity index (χ0v) is 13.6. The number of hydrogen-bond donors (Lipinski definition) is 0. The van der Waals surface area contributed by atoms with Crippen molar-refractivity contribution in [1.82, 2.24) is 0 Å². The van der Waals surface area contributed by atoms with Crippen molar-refractivity contribution in [2.24, 2.45) is 0 Å². The molecular weight excluding hydrogens is 280 g/mol. The van der Waals surface area contributed by atoms with Crippen molar-refractivity contribution in [1.29, 1.82) is 0 Å². The Kier molecular flexibility index (Phi) is 3.90. The van der Waals surface area contributed by atoms with E-state index in [1.54, 1.807) is 7.11 Å². The maximum absolute atomic E-state index is 5.55. The van der Waals surface area contributed by atoms with Crippen LogP contribution in [0.2, 0.25) is 18.1 Å². The predicted molar refractivity (Wildman–Crippen MR) is 77.5 cm³/mol. The number of ether oxygens (including phenoxy) is 1. The fraction of sp³-hybridized carbons (Fsp3) is 0.538. The molecule has 3 heteroatoms. The Morgan fingerprint density at radius 2 is 1.75 bits per heavy atom. The number of para-hydroxylation sites is 1. The second kappa shape index (κ2) is 4.53. The number of methoxy groups -OCH3 is 1. The first-order valence-corrected chi connectivity index (χ1v) is 9.34. The molecular formula is C13H21BrOSi. The van der Waals surface area contributed by atoms with Crippen LogP contribution in [0.25, 0.3) is 0 Å². The Morgan fingerprint density at radius 1 is 1.19 bits per heavy atom. The highest BCUT2D eigenvalue weighted by atomic mass is 79.9. The highest BCUT2D eigenvalue weighted by Crippen LogP contribution is 2.38. The van der Waals surface area contributed by atoms with E-state index in [4.69, 9.17) is 4.74 Å². The lowest BCUT2D eigenvalue weighted by molar-refractivity contribution is 0.415. The van der Waals surface area contributed by atoms with E-state index >= 15 is 0 Å². The second-order valence-electron chi connectivity index (χ2n) is 5.70. The first-order chi connectivity index (χ1) is 7.21. The van der Waals surface area contributed by atoms with Crippen LogP contribution < -0.4 is 9.92 Å². The lowest BCUT2D eigenvalue weighted by Crippen LogP contribution is -2.49. The molecule has 1 aromatic carbocycles. The van der Waals surface area contributed by atoms with Crippen LogP contribution in [0.15, 0.2) is 22.7 Å². The van der Waals surface area contributed by atoms with Crippen molar-refractivity contribution in [2.45, 2.75) is 38.9 Å². The van der Waals surface area contributed by atoms with Gasteiger partial charge in [-0.1, -0.05) is 46.0 Å². The molecule has 1 rings (SSSR count). The number of halogens is 1. The topological polar surface area (TPSA) is 9.23 Å². The van der Waals surface area contributed by atoms with Gasteiger partial charge in [-0.3, -0.25) is 0 Å². The van der Waals surface area contributed by atoms with Crippen LogP contribution in [-0.4, -0.2) is 15.2 Å². The highest BCUT2D eigenvalue weighted by molar-refractivity contribution is 9.10.